The number of rotatable bonds is 10. The van der Waals surface area contributed by atoms with Crippen LogP contribution in [0.4, 0.5) is 5.82 Å². The molecule has 2 fully saturated rings. The van der Waals surface area contributed by atoms with Crippen molar-refractivity contribution >= 4 is 28.8 Å². The number of ether oxygens (including phenoxy) is 1. The number of aromatic nitrogens is 2. The molecule has 1 unspecified atom stereocenters. The fourth-order valence-electron chi connectivity index (χ4n) is 4.85. The van der Waals surface area contributed by atoms with Crippen molar-refractivity contribution < 1.29 is 18.9 Å². The van der Waals surface area contributed by atoms with Crippen molar-refractivity contribution in [2.45, 2.75) is 58.9 Å². The lowest BCUT2D eigenvalue weighted by Crippen LogP contribution is -2.56. The lowest BCUT2D eigenvalue weighted by Gasteiger charge is -2.40. The molecule has 0 spiro atoms. The van der Waals surface area contributed by atoms with E-state index in [0.717, 1.165) is 0 Å². The fraction of sp³-hybridized carbons (Fsp3) is 0.778. The van der Waals surface area contributed by atoms with E-state index in [0.29, 0.717) is 88.3 Å². The maximum atomic E-state index is 14.1. The van der Waals surface area contributed by atoms with Crippen LogP contribution in [-0.4, -0.2) is 107 Å². The molecule has 0 bridgehead atoms. The van der Waals surface area contributed by atoms with E-state index in [2.05, 4.69) is 29.5 Å². The first kappa shape index (κ1) is 30.6. The third-order valence-electron chi connectivity index (χ3n) is 6.85. The van der Waals surface area contributed by atoms with Crippen LogP contribution in [0.1, 0.15) is 63.6 Å². The Hall–Kier alpha value is -1.95. The Morgan fingerprint density at radius 1 is 1.29 bits per heavy atom. The third-order valence-corrected chi connectivity index (χ3v) is 7.72. The van der Waals surface area contributed by atoms with Crippen LogP contribution in [0, 0.1) is 11.8 Å². The molecule has 0 aromatic carbocycles. The molecule has 38 heavy (non-hydrogen) atoms. The van der Waals surface area contributed by atoms with Crippen molar-refractivity contribution in [3.63, 3.8) is 0 Å². The number of hydrogen-bond acceptors (Lipinski definition) is 8. The second-order valence-corrected chi connectivity index (χ2v) is 13.4. The minimum absolute atomic E-state index is 0.119. The molecule has 0 saturated carbocycles. The van der Waals surface area contributed by atoms with Gasteiger partial charge in [-0.1, -0.05) is 45.8 Å². The average molecular weight is 551 g/mol. The number of piperidine rings is 1. The van der Waals surface area contributed by atoms with E-state index in [1.807, 2.05) is 30.6 Å². The van der Waals surface area contributed by atoms with E-state index in [-0.39, 0.29) is 35.1 Å². The second kappa shape index (κ2) is 13.9. The van der Waals surface area contributed by atoms with Gasteiger partial charge < -0.3 is 29.7 Å². The lowest BCUT2D eigenvalue weighted by molar-refractivity contribution is -0.140. The number of nitrogens with one attached hydrogen (secondary N) is 2. The quantitative estimate of drug-likeness (QED) is 0.335. The summed E-state index contributed by atoms with van der Waals surface area (Å²) in [5, 5.41) is 6.73. The first-order chi connectivity index (χ1) is 18.0. The van der Waals surface area contributed by atoms with Gasteiger partial charge >= 0.3 is 0 Å². The van der Waals surface area contributed by atoms with E-state index in [1.165, 1.54) is 0 Å². The Morgan fingerprint density at radius 2 is 2.00 bits per heavy atom. The third kappa shape index (κ3) is 8.53. The topological polar surface area (TPSA) is 123 Å². The second-order valence-electron chi connectivity index (χ2n) is 11.8. The van der Waals surface area contributed by atoms with E-state index in [1.54, 1.807) is 12.5 Å². The molecule has 3 rings (SSSR count). The van der Waals surface area contributed by atoms with Crippen LogP contribution < -0.4 is 10.6 Å². The number of amides is 2. The van der Waals surface area contributed by atoms with Gasteiger partial charge in [-0.2, -0.15) is 0 Å². The first-order valence-corrected chi connectivity index (χ1v) is 15.5. The van der Waals surface area contributed by atoms with Crippen molar-refractivity contribution in [3.8, 4) is 0 Å². The van der Waals surface area contributed by atoms with Gasteiger partial charge in [-0.25, -0.2) is 9.97 Å². The molecule has 1 aromatic rings. The van der Waals surface area contributed by atoms with E-state index >= 15 is 0 Å². The molecular weight excluding hydrogens is 504 g/mol. The molecule has 2 aliphatic rings. The predicted octanol–water partition coefficient (Wildman–Crippen LogP) is 1.89. The van der Waals surface area contributed by atoms with Gasteiger partial charge in [0.2, 0.25) is 5.91 Å². The van der Waals surface area contributed by atoms with Crippen LogP contribution in [0.15, 0.2) is 6.20 Å². The Morgan fingerprint density at radius 3 is 2.63 bits per heavy atom. The minimum atomic E-state index is -0.876. The Labute approximate surface area is 230 Å². The molecule has 3 atom stereocenters. The molecule has 2 saturated heterocycles. The summed E-state index contributed by atoms with van der Waals surface area (Å²) >= 11 is -0.876. The average Bonchev–Trinajstić information content (AvgIpc) is 2.88. The summed E-state index contributed by atoms with van der Waals surface area (Å²) in [5.41, 5.74) is 0.152. The molecular formula is C27H46N6O4S. The van der Waals surface area contributed by atoms with Crippen molar-refractivity contribution in [1.82, 2.24) is 25.1 Å². The number of carbonyl (C=O) groups is 2. The standard InChI is InChI=1S/C27H46N6O4S/c1-19(2)18-33(21-14-20(15-28-16-21)24(34)32-9-11-37-12-10-32)25(35)22-17-30-26(27(3,4)5)31-23(22)29-8-7-13-38(6)36/h17,19-21,28H,7-16,18H2,1-6H3,(H,29,30,31)/t20-,21+,38?/m1/s1. The molecule has 0 aliphatic carbocycles. The van der Waals surface area contributed by atoms with E-state index in [4.69, 9.17) is 9.72 Å². The number of anilines is 1. The summed E-state index contributed by atoms with van der Waals surface area (Å²) in [6.07, 6.45) is 4.65. The molecule has 10 nitrogen and oxygen atoms in total. The Kier molecular flexibility index (Phi) is 11.2. The lowest BCUT2D eigenvalue weighted by atomic mass is 9.92. The minimum Gasteiger partial charge on any atom is -0.617 e. The fourth-order valence-corrected chi connectivity index (χ4v) is 5.40. The van der Waals surface area contributed by atoms with Crippen LogP contribution >= 0.6 is 0 Å². The van der Waals surface area contributed by atoms with Crippen LogP contribution in [0.5, 0.6) is 0 Å². The summed E-state index contributed by atoms with van der Waals surface area (Å²) in [7, 11) is 0. The summed E-state index contributed by atoms with van der Waals surface area (Å²) in [4.78, 5) is 40.4. The largest absolute Gasteiger partial charge is 0.617 e. The van der Waals surface area contributed by atoms with Crippen LogP contribution in [0.25, 0.3) is 0 Å². The molecule has 214 valence electrons. The highest BCUT2D eigenvalue weighted by atomic mass is 32.2. The van der Waals surface area contributed by atoms with Gasteiger partial charge in [-0.15, -0.1) is 0 Å². The summed E-state index contributed by atoms with van der Waals surface area (Å²) in [6, 6.07) is -0.119. The van der Waals surface area contributed by atoms with Gasteiger partial charge in [0.1, 0.15) is 23.0 Å². The van der Waals surface area contributed by atoms with Crippen molar-refractivity contribution in [2.75, 3.05) is 69.8 Å². The number of carbonyl (C=O) groups excluding carboxylic acids is 2. The smallest absolute Gasteiger partial charge is 0.259 e. The van der Waals surface area contributed by atoms with Gasteiger partial charge in [-0.3, -0.25) is 9.59 Å². The van der Waals surface area contributed by atoms with Gasteiger partial charge in [0.15, 0.2) is 0 Å². The van der Waals surface area contributed by atoms with Crippen LogP contribution in [-0.2, 0) is 26.1 Å². The van der Waals surface area contributed by atoms with Gasteiger partial charge in [0.05, 0.1) is 25.4 Å². The van der Waals surface area contributed by atoms with Gasteiger partial charge in [-0.05, 0) is 12.3 Å². The van der Waals surface area contributed by atoms with E-state index in [9.17, 15) is 14.1 Å². The highest BCUT2D eigenvalue weighted by Gasteiger charge is 2.36. The SMILES string of the molecule is CC(C)CN(C(=O)c1cnc(C(C)(C)C)nc1NCCC[S+](C)[O-])[C@@H]1CNC[C@H](C(=O)N2CCOCC2)C1. The number of hydrogen-bond donors (Lipinski definition) is 2. The zero-order valence-corrected chi connectivity index (χ0v) is 24.7. The Balaban J connectivity index is 1.84. The number of morpholine rings is 1. The van der Waals surface area contributed by atoms with E-state index < -0.39 is 11.2 Å². The molecule has 2 aliphatic heterocycles. The Bertz CT molecular complexity index is 933. The van der Waals surface area contributed by atoms with Crippen LogP contribution in [0.3, 0.4) is 0 Å². The molecule has 2 amide bonds. The maximum absolute atomic E-state index is 14.1. The maximum Gasteiger partial charge on any atom is 0.259 e. The molecule has 1 aromatic heterocycles. The van der Waals surface area contributed by atoms with Gasteiger partial charge in [0.25, 0.3) is 5.91 Å². The predicted molar refractivity (Wildman–Crippen MR) is 151 cm³/mol. The van der Waals surface area contributed by atoms with Crippen molar-refractivity contribution in [2.24, 2.45) is 11.8 Å². The monoisotopic (exact) mass is 550 g/mol. The van der Waals surface area contributed by atoms with Crippen molar-refractivity contribution in [1.29, 1.82) is 0 Å². The highest BCUT2D eigenvalue weighted by Crippen LogP contribution is 2.26. The molecule has 11 heteroatoms. The summed E-state index contributed by atoms with van der Waals surface area (Å²) in [6.45, 7) is 15.1. The number of nitrogens with zero attached hydrogens (tertiary/aromatic N) is 4. The molecule has 3 heterocycles. The normalized spacial score (nSPS) is 21.3. The zero-order valence-electron chi connectivity index (χ0n) is 23.9. The van der Waals surface area contributed by atoms with Crippen molar-refractivity contribution in [3.05, 3.63) is 17.6 Å². The molecule has 2 N–H and O–H groups in total. The summed E-state index contributed by atoms with van der Waals surface area (Å²) < 4.78 is 16.9. The highest BCUT2D eigenvalue weighted by molar-refractivity contribution is 7.90. The zero-order chi connectivity index (χ0) is 27.9. The molecule has 0 radical (unpaired) electrons. The summed E-state index contributed by atoms with van der Waals surface area (Å²) in [5.74, 6) is 1.82. The van der Waals surface area contributed by atoms with Gasteiger partial charge in [0, 0.05) is 63.3 Å². The first-order valence-electron chi connectivity index (χ1n) is 13.8. The van der Waals surface area contributed by atoms with Crippen LogP contribution in [0.2, 0.25) is 0 Å².